The summed E-state index contributed by atoms with van der Waals surface area (Å²) in [6.45, 7) is 2.37. The van der Waals surface area contributed by atoms with Gasteiger partial charge in [0.1, 0.15) is 5.76 Å². The molecule has 6 nitrogen and oxygen atoms in total. The molecule has 0 saturated heterocycles. The van der Waals surface area contributed by atoms with Crippen molar-refractivity contribution < 1.29 is 9.15 Å². The van der Waals surface area contributed by atoms with Crippen LogP contribution < -0.4 is 10.4 Å². The molecule has 7 heteroatoms. The second kappa shape index (κ2) is 6.03. The van der Waals surface area contributed by atoms with Gasteiger partial charge < -0.3 is 9.15 Å². The molecular formula is C15H12ClN3O3. The van der Waals surface area contributed by atoms with Crippen LogP contribution in [0.3, 0.4) is 0 Å². The van der Waals surface area contributed by atoms with Crippen LogP contribution in [0.5, 0.6) is 5.88 Å². The van der Waals surface area contributed by atoms with Crippen molar-refractivity contribution in [2.75, 3.05) is 6.61 Å². The molecule has 0 saturated carbocycles. The van der Waals surface area contributed by atoms with Gasteiger partial charge in [0.05, 0.1) is 18.5 Å². The van der Waals surface area contributed by atoms with Crippen LogP contribution in [-0.2, 0) is 0 Å². The smallest absolute Gasteiger partial charge is 0.336 e. The SMILES string of the molecule is CCOc1cn(-c2ccc(Cl)cc2-c2cccc(=O)o2)nn1. The second-order valence-corrected chi connectivity index (χ2v) is 4.84. The van der Waals surface area contributed by atoms with Crippen LogP contribution in [0.4, 0.5) is 0 Å². The van der Waals surface area contributed by atoms with E-state index in [2.05, 4.69) is 10.3 Å². The topological polar surface area (TPSA) is 70.2 Å². The predicted molar refractivity (Wildman–Crippen MR) is 81.5 cm³/mol. The lowest BCUT2D eigenvalue weighted by Crippen LogP contribution is -2.01. The fourth-order valence-corrected chi connectivity index (χ4v) is 2.19. The fourth-order valence-electron chi connectivity index (χ4n) is 2.02. The highest BCUT2D eigenvalue weighted by molar-refractivity contribution is 6.31. The number of halogens is 1. The molecule has 22 heavy (non-hydrogen) atoms. The molecule has 0 aliphatic carbocycles. The molecule has 2 heterocycles. The first-order valence-electron chi connectivity index (χ1n) is 6.63. The van der Waals surface area contributed by atoms with Crippen LogP contribution in [0.1, 0.15) is 6.92 Å². The Kier molecular flexibility index (Phi) is 3.93. The van der Waals surface area contributed by atoms with Crippen LogP contribution in [0.25, 0.3) is 17.0 Å². The Balaban J connectivity index is 2.13. The Labute approximate surface area is 130 Å². The number of ether oxygens (including phenoxy) is 1. The molecule has 0 amide bonds. The van der Waals surface area contributed by atoms with E-state index in [1.165, 1.54) is 6.07 Å². The van der Waals surface area contributed by atoms with Gasteiger partial charge in [-0.25, -0.2) is 9.48 Å². The minimum absolute atomic E-state index is 0.401. The molecule has 112 valence electrons. The lowest BCUT2D eigenvalue weighted by atomic mass is 10.1. The largest absolute Gasteiger partial charge is 0.476 e. The molecule has 0 spiro atoms. The Morgan fingerprint density at radius 3 is 2.95 bits per heavy atom. The van der Waals surface area contributed by atoms with Gasteiger partial charge in [-0.05, 0) is 31.2 Å². The summed E-state index contributed by atoms with van der Waals surface area (Å²) >= 11 is 6.06. The molecular weight excluding hydrogens is 306 g/mol. The maximum Gasteiger partial charge on any atom is 0.336 e. The molecule has 2 aromatic heterocycles. The van der Waals surface area contributed by atoms with E-state index in [0.717, 1.165) is 0 Å². The summed E-state index contributed by atoms with van der Waals surface area (Å²) in [6, 6.07) is 9.86. The monoisotopic (exact) mass is 317 g/mol. The fraction of sp³-hybridized carbons (Fsp3) is 0.133. The van der Waals surface area contributed by atoms with Crippen molar-refractivity contribution in [3.05, 3.63) is 58.0 Å². The van der Waals surface area contributed by atoms with E-state index in [-0.39, 0.29) is 0 Å². The van der Waals surface area contributed by atoms with Crippen LogP contribution >= 0.6 is 11.6 Å². The van der Waals surface area contributed by atoms with E-state index in [4.69, 9.17) is 20.8 Å². The third-order valence-corrected chi connectivity index (χ3v) is 3.16. The minimum Gasteiger partial charge on any atom is -0.476 e. The molecule has 0 fully saturated rings. The van der Waals surface area contributed by atoms with Crippen molar-refractivity contribution in [2.45, 2.75) is 6.92 Å². The van der Waals surface area contributed by atoms with Crippen LogP contribution in [0.15, 0.2) is 51.8 Å². The van der Waals surface area contributed by atoms with E-state index in [9.17, 15) is 4.79 Å². The van der Waals surface area contributed by atoms with Gasteiger partial charge in [0, 0.05) is 16.7 Å². The zero-order chi connectivity index (χ0) is 15.5. The summed E-state index contributed by atoms with van der Waals surface area (Å²) in [5, 5.41) is 8.47. The molecule has 1 aromatic carbocycles. The number of benzene rings is 1. The summed E-state index contributed by atoms with van der Waals surface area (Å²) in [7, 11) is 0. The second-order valence-electron chi connectivity index (χ2n) is 4.41. The zero-order valence-electron chi connectivity index (χ0n) is 11.7. The highest BCUT2D eigenvalue weighted by Gasteiger charge is 2.13. The van der Waals surface area contributed by atoms with Gasteiger partial charge in [0.2, 0.25) is 0 Å². The molecule has 0 N–H and O–H groups in total. The first-order chi connectivity index (χ1) is 10.7. The molecule has 0 unspecified atom stereocenters. The average Bonchev–Trinajstić information content (AvgIpc) is 2.96. The van der Waals surface area contributed by atoms with Crippen molar-refractivity contribution in [1.29, 1.82) is 0 Å². The van der Waals surface area contributed by atoms with E-state index < -0.39 is 5.63 Å². The first-order valence-corrected chi connectivity index (χ1v) is 7.01. The summed E-state index contributed by atoms with van der Waals surface area (Å²) in [5.41, 5.74) is 0.882. The highest BCUT2D eigenvalue weighted by atomic mass is 35.5. The molecule has 0 bridgehead atoms. The third-order valence-electron chi connectivity index (χ3n) is 2.93. The maximum atomic E-state index is 11.4. The number of nitrogens with zero attached hydrogens (tertiary/aromatic N) is 3. The van der Waals surface area contributed by atoms with Crippen molar-refractivity contribution in [3.63, 3.8) is 0 Å². The summed E-state index contributed by atoms with van der Waals surface area (Å²) in [6.07, 6.45) is 1.65. The molecule has 3 aromatic rings. The van der Waals surface area contributed by atoms with Gasteiger partial charge in [-0.1, -0.05) is 28.0 Å². The number of hydrogen-bond acceptors (Lipinski definition) is 5. The molecule has 0 atom stereocenters. The van der Waals surface area contributed by atoms with Crippen LogP contribution in [-0.4, -0.2) is 21.6 Å². The average molecular weight is 318 g/mol. The molecule has 3 rings (SSSR count). The Hall–Kier alpha value is -2.60. The van der Waals surface area contributed by atoms with Gasteiger partial charge in [-0.2, -0.15) is 0 Å². The lowest BCUT2D eigenvalue weighted by molar-refractivity contribution is 0.326. The van der Waals surface area contributed by atoms with Gasteiger partial charge in [-0.3, -0.25) is 0 Å². The number of rotatable bonds is 4. The van der Waals surface area contributed by atoms with Crippen molar-refractivity contribution in [2.24, 2.45) is 0 Å². The maximum absolute atomic E-state index is 11.4. The Morgan fingerprint density at radius 1 is 1.32 bits per heavy atom. The third kappa shape index (κ3) is 2.87. The summed E-state index contributed by atoms with van der Waals surface area (Å²) in [4.78, 5) is 11.4. The van der Waals surface area contributed by atoms with Crippen LogP contribution in [0.2, 0.25) is 5.02 Å². The summed E-state index contributed by atoms with van der Waals surface area (Å²) < 4.78 is 12.1. The van der Waals surface area contributed by atoms with Crippen molar-refractivity contribution in [3.8, 4) is 22.9 Å². The summed E-state index contributed by atoms with van der Waals surface area (Å²) in [5.74, 6) is 0.816. The zero-order valence-corrected chi connectivity index (χ0v) is 12.4. The highest BCUT2D eigenvalue weighted by Crippen LogP contribution is 2.29. The Morgan fingerprint density at radius 2 is 2.18 bits per heavy atom. The van der Waals surface area contributed by atoms with E-state index >= 15 is 0 Å². The minimum atomic E-state index is -0.433. The van der Waals surface area contributed by atoms with E-state index in [1.54, 1.807) is 41.2 Å². The molecule has 0 aliphatic heterocycles. The normalized spacial score (nSPS) is 10.6. The van der Waals surface area contributed by atoms with E-state index in [0.29, 0.717) is 34.5 Å². The van der Waals surface area contributed by atoms with Gasteiger partial charge >= 0.3 is 5.63 Å². The van der Waals surface area contributed by atoms with Crippen molar-refractivity contribution >= 4 is 11.6 Å². The Bertz CT molecular complexity index is 857. The first kappa shape index (κ1) is 14.3. The number of hydrogen-bond donors (Lipinski definition) is 0. The van der Waals surface area contributed by atoms with Crippen molar-refractivity contribution in [1.82, 2.24) is 15.0 Å². The quantitative estimate of drug-likeness (QED) is 0.740. The van der Waals surface area contributed by atoms with E-state index in [1.807, 2.05) is 6.92 Å². The molecule has 0 aliphatic rings. The van der Waals surface area contributed by atoms with Gasteiger partial charge in [0.15, 0.2) is 0 Å². The van der Waals surface area contributed by atoms with Gasteiger partial charge in [0.25, 0.3) is 5.88 Å². The number of aromatic nitrogens is 3. The predicted octanol–water partition coefficient (Wildman–Crippen LogP) is 2.94. The van der Waals surface area contributed by atoms with Crippen LogP contribution in [0, 0.1) is 0 Å². The standard InChI is InChI=1S/C15H12ClN3O3/c1-2-21-14-9-19(18-17-14)12-7-6-10(16)8-11(12)13-4-3-5-15(20)22-13/h3-9H,2H2,1H3. The van der Waals surface area contributed by atoms with Gasteiger partial charge in [-0.15, -0.1) is 0 Å². The molecule has 0 radical (unpaired) electrons. The lowest BCUT2D eigenvalue weighted by Gasteiger charge is -2.08.